The summed E-state index contributed by atoms with van der Waals surface area (Å²) in [6.45, 7) is 5.24. The maximum atomic E-state index is 12.7. The van der Waals surface area contributed by atoms with Gasteiger partial charge in [0, 0.05) is 13.6 Å². The molecule has 0 saturated heterocycles. The number of likely N-dealkylation sites (N-methyl/N-ethyl adjacent to an activating group) is 1. The molecule has 0 fully saturated rings. The molecule has 22 heavy (non-hydrogen) atoms. The van der Waals surface area contributed by atoms with Crippen molar-refractivity contribution in [1.29, 1.82) is 0 Å². The number of sulfonamides is 1. The zero-order valence-corrected chi connectivity index (χ0v) is 14.5. The average molecular weight is 329 g/mol. The summed E-state index contributed by atoms with van der Waals surface area (Å²) >= 11 is 0. The van der Waals surface area contributed by atoms with Crippen molar-refractivity contribution < 1.29 is 22.7 Å². The number of rotatable bonds is 8. The Kier molecular flexibility index (Phi) is 6.52. The molecule has 124 valence electrons. The van der Waals surface area contributed by atoms with Crippen LogP contribution in [0.1, 0.15) is 18.1 Å². The third-order valence-corrected chi connectivity index (χ3v) is 5.36. The molecule has 0 unspecified atom stereocenters. The Labute approximate surface area is 132 Å². The fourth-order valence-corrected chi connectivity index (χ4v) is 3.68. The van der Waals surface area contributed by atoms with Gasteiger partial charge in [-0.3, -0.25) is 4.79 Å². The quantitative estimate of drug-likeness (QED) is 0.677. The number of benzene rings is 1. The highest BCUT2D eigenvalue weighted by atomic mass is 32.2. The Balaban J connectivity index is 2.92. The van der Waals surface area contributed by atoms with E-state index in [9.17, 15) is 13.2 Å². The van der Waals surface area contributed by atoms with Gasteiger partial charge in [-0.15, -0.1) is 0 Å². The van der Waals surface area contributed by atoms with Crippen molar-refractivity contribution in [2.75, 3.05) is 33.9 Å². The van der Waals surface area contributed by atoms with Gasteiger partial charge in [0.1, 0.15) is 12.4 Å². The second-order valence-corrected chi connectivity index (χ2v) is 7.15. The zero-order valence-electron chi connectivity index (χ0n) is 13.7. The molecule has 0 aliphatic heterocycles. The van der Waals surface area contributed by atoms with Crippen LogP contribution in [0.2, 0.25) is 0 Å². The maximum absolute atomic E-state index is 12.7. The van der Waals surface area contributed by atoms with Gasteiger partial charge in [0.2, 0.25) is 10.0 Å². The van der Waals surface area contributed by atoms with Crippen LogP contribution < -0.4 is 4.74 Å². The molecule has 0 bridgehead atoms. The normalized spacial score (nSPS) is 11.7. The Morgan fingerprint density at radius 3 is 2.23 bits per heavy atom. The third kappa shape index (κ3) is 4.53. The number of aryl methyl sites for hydroxylation is 2. The smallest absolute Gasteiger partial charge is 0.243 e. The highest BCUT2D eigenvalue weighted by Gasteiger charge is 2.25. The van der Waals surface area contributed by atoms with Gasteiger partial charge in [-0.25, -0.2) is 8.42 Å². The topological polar surface area (TPSA) is 72.9 Å². The number of hydrogen-bond donors (Lipinski definition) is 0. The van der Waals surface area contributed by atoms with E-state index < -0.39 is 10.0 Å². The summed E-state index contributed by atoms with van der Waals surface area (Å²) in [5.74, 6) is 0.536. The van der Waals surface area contributed by atoms with Crippen LogP contribution in [-0.2, 0) is 19.6 Å². The van der Waals surface area contributed by atoms with Crippen LogP contribution in [0.5, 0.6) is 5.75 Å². The molecule has 0 aliphatic carbocycles. The van der Waals surface area contributed by atoms with Crippen molar-refractivity contribution in [3.8, 4) is 5.75 Å². The predicted molar refractivity (Wildman–Crippen MR) is 83.8 cm³/mol. The van der Waals surface area contributed by atoms with Crippen molar-refractivity contribution >= 4 is 15.8 Å². The Morgan fingerprint density at radius 1 is 1.23 bits per heavy atom. The third-order valence-electron chi connectivity index (χ3n) is 3.19. The Morgan fingerprint density at radius 2 is 1.77 bits per heavy atom. The second kappa shape index (κ2) is 7.71. The number of nitrogens with zero attached hydrogens (tertiary/aromatic N) is 1. The van der Waals surface area contributed by atoms with E-state index in [1.54, 1.807) is 33.1 Å². The van der Waals surface area contributed by atoms with E-state index in [0.717, 1.165) is 0 Å². The minimum Gasteiger partial charge on any atom is -0.497 e. The van der Waals surface area contributed by atoms with Crippen LogP contribution in [0.15, 0.2) is 17.0 Å². The van der Waals surface area contributed by atoms with E-state index >= 15 is 0 Å². The molecule has 7 heteroatoms. The van der Waals surface area contributed by atoms with Crippen molar-refractivity contribution in [2.24, 2.45) is 0 Å². The second-order valence-electron chi connectivity index (χ2n) is 5.17. The number of carbonyl (C=O) groups is 1. The average Bonchev–Trinajstić information content (AvgIpc) is 2.41. The number of hydrogen-bond acceptors (Lipinski definition) is 5. The molecule has 1 aromatic carbocycles. The first-order valence-electron chi connectivity index (χ1n) is 6.89. The summed E-state index contributed by atoms with van der Waals surface area (Å²) in [7, 11) is -0.575. The molecule has 0 atom stereocenters. The molecule has 1 aromatic rings. The molecule has 0 heterocycles. The van der Waals surface area contributed by atoms with E-state index in [0.29, 0.717) is 16.9 Å². The lowest BCUT2D eigenvalue weighted by Crippen LogP contribution is -2.31. The first-order chi connectivity index (χ1) is 10.2. The van der Waals surface area contributed by atoms with Crippen molar-refractivity contribution in [3.05, 3.63) is 23.3 Å². The van der Waals surface area contributed by atoms with E-state index in [4.69, 9.17) is 9.47 Å². The van der Waals surface area contributed by atoms with Crippen molar-refractivity contribution in [1.82, 2.24) is 4.31 Å². The fraction of sp³-hybridized carbons (Fsp3) is 0.533. The number of ketones is 1. The van der Waals surface area contributed by atoms with E-state index in [1.807, 2.05) is 0 Å². The summed E-state index contributed by atoms with van der Waals surface area (Å²) in [6.07, 6.45) is 0. The highest BCUT2D eigenvalue weighted by Crippen LogP contribution is 2.27. The fourth-order valence-electron chi connectivity index (χ4n) is 2.12. The lowest BCUT2D eigenvalue weighted by Gasteiger charge is -2.20. The molecular weight excluding hydrogens is 306 g/mol. The molecule has 0 radical (unpaired) electrons. The molecule has 6 nitrogen and oxygen atoms in total. The van der Waals surface area contributed by atoms with Crippen molar-refractivity contribution in [2.45, 2.75) is 25.7 Å². The number of ether oxygens (including phenoxy) is 2. The standard InChI is InChI=1S/C15H23NO5S/c1-11-8-14(20-5)9-12(2)15(11)22(18,19)16(4)6-7-21-10-13(3)17/h8-9H,6-7,10H2,1-5H3. The van der Waals surface area contributed by atoms with Gasteiger partial charge in [-0.05, 0) is 44.0 Å². The van der Waals surface area contributed by atoms with Crippen LogP contribution in [0.3, 0.4) is 0 Å². The van der Waals surface area contributed by atoms with Crippen LogP contribution in [0, 0.1) is 13.8 Å². The summed E-state index contributed by atoms with van der Waals surface area (Å²) in [4.78, 5) is 11.1. The molecule has 0 aromatic heterocycles. The van der Waals surface area contributed by atoms with Crippen LogP contribution >= 0.6 is 0 Å². The molecule has 0 amide bonds. The number of methoxy groups -OCH3 is 1. The number of carbonyl (C=O) groups excluding carboxylic acids is 1. The minimum atomic E-state index is -3.61. The van der Waals surface area contributed by atoms with Gasteiger partial charge in [-0.2, -0.15) is 4.31 Å². The number of Topliss-reactive ketones (excluding diaryl/α,β-unsaturated/α-hetero) is 1. The van der Waals surface area contributed by atoms with Gasteiger partial charge < -0.3 is 9.47 Å². The van der Waals surface area contributed by atoms with Gasteiger partial charge in [-0.1, -0.05) is 0 Å². The minimum absolute atomic E-state index is 0.00548. The summed E-state index contributed by atoms with van der Waals surface area (Å²) in [6, 6.07) is 3.39. The van der Waals surface area contributed by atoms with Gasteiger partial charge in [0.05, 0.1) is 18.6 Å². The summed E-state index contributed by atoms with van der Waals surface area (Å²) < 4.78 is 36.8. The van der Waals surface area contributed by atoms with Crippen LogP contribution in [0.25, 0.3) is 0 Å². The van der Waals surface area contributed by atoms with Gasteiger partial charge >= 0.3 is 0 Å². The van der Waals surface area contributed by atoms with E-state index in [-0.39, 0.29) is 30.4 Å². The predicted octanol–water partition coefficient (Wildman–Crippen LogP) is 1.54. The van der Waals surface area contributed by atoms with Crippen molar-refractivity contribution in [3.63, 3.8) is 0 Å². The van der Waals surface area contributed by atoms with E-state index in [2.05, 4.69) is 0 Å². The van der Waals surface area contributed by atoms with E-state index in [1.165, 1.54) is 18.3 Å². The molecule has 1 rings (SSSR count). The lowest BCUT2D eigenvalue weighted by atomic mass is 10.1. The molecule has 0 N–H and O–H groups in total. The van der Waals surface area contributed by atoms with Gasteiger partial charge in [0.15, 0.2) is 5.78 Å². The zero-order chi connectivity index (χ0) is 16.9. The maximum Gasteiger partial charge on any atom is 0.243 e. The Bertz CT molecular complexity index is 616. The van der Waals surface area contributed by atoms with Gasteiger partial charge in [0.25, 0.3) is 0 Å². The largest absolute Gasteiger partial charge is 0.497 e. The summed E-state index contributed by atoms with van der Waals surface area (Å²) in [5.41, 5.74) is 1.27. The molecule has 0 saturated carbocycles. The molecular formula is C15H23NO5S. The molecule has 0 aliphatic rings. The highest BCUT2D eigenvalue weighted by molar-refractivity contribution is 7.89. The first kappa shape index (κ1) is 18.6. The molecule has 0 spiro atoms. The van der Waals surface area contributed by atoms with Crippen LogP contribution in [-0.4, -0.2) is 52.4 Å². The lowest BCUT2D eigenvalue weighted by molar-refractivity contribution is -0.121. The first-order valence-corrected chi connectivity index (χ1v) is 8.33. The SMILES string of the molecule is COc1cc(C)c(S(=O)(=O)N(C)CCOCC(C)=O)c(C)c1. The monoisotopic (exact) mass is 329 g/mol. The summed E-state index contributed by atoms with van der Waals surface area (Å²) in [5, 5.41) is 0. The Hall–Kier alpha value is -1.44. The van der Waals surface area contributed by atoms with Crippen LogP contribution in [0.4, 0.5) is 0 Å².